The van der Waals surface area contributed by atoms with E-state index in [1.165, 1.54) is 17.7 Å². The lowest BCUT2D eigenvalue weighted by atomic mass is 10.1. The van der Waals surface area contributed by atoms with Gasteiger partial charge in [0.1, 0.15) is 11.9 Å². The molecule has 0 aliphatic carbocycles. The third-order valence-electron chi connectivity index (χ3n) is 5.43. The number of nitrogens with zero attached hydrogens (tertiary/aromatic N) is 1. The number of nitrogens with one attached hydrogen (secondary N) is 1. The van der Waals surface area contributed by atoms with E-state index in [0.29, 0.717) is 23.3 Å². The molecule has 13 nitrogen and oxygen atoms in total. The molecule has 0 amide bonds. The Morgan fingerprint density at radius 2 is 2.03 bits per heavy atom. The fourth-order valence-corrected chi connectivity index (χ4v) is 4.75. The molecule has 0 radical (unpaired) electrons. The quantitative estimate of drug-likeness (QED) is 0.216. The van der Waals surface area contributed by atoms with Crippen LogP contribution < -0.4 is 15.8 Å². The minimum Gasteiger partial charge on any atom is -0.428 e. The van der Waals surface area contributed by atoms with Crippen LogP contribution in [0.3, 0.4) is 0 Å². The lowest BCUT2D eigenvalue weighted by molar-refractivity contribution is -0.165. The number of aromatic nitrogens is 2. The van der Waals surface area contributed by atoms with Crippen LogP contribution in [0.2, 0.25) is 0 Å². The van der Waals surface area contributed by atoms with E-state index in [-0.39, 0.29) is 19.6 Å². The number of esters is 2. The van der Waals surface area contributed by atoms with Crippen LogP contribution in [0.1, 0.15) is 36.3 Å². The van der Waals surface area contributed by atoms with Gasteiger partial charge in [-0.3, -0.25) is 33.0 Å². The number of aromatic amines is 1. The maximum atomic E-state index is 13.0. The molecule has 4 rings (SSSR count). The number of benzene rings is 1. The maximum absolute atomic E-state index is 13.0. The van der Waals surface area contributed by atoms with Gasteiger partial charge in [0.25, 0.3) is 5.56 Å². The van der Waals surface area contributed by atoms with Crippen molar-refractivity contribution in [2.24, 2.45) is 0 Å². The summed E-state index contributed by atoms with van der Waals surface area (Å²) >= 11 is 0. The first-order chi connectivity index (χ1) is 17.6. The fourth-order valence-electron chi connectivity index (χ4n) is 3.53. The Labute approximate surface area is 210 Å². The maximum Gasteiger partial charge on any atom is 0.530 e. The van der Waals surface area contributed by atoms with Crippen molar-refractivity contribution in [2.75, 3.05) is 13.4 Å². The SMILES string of the molecule is CC(=O)OCOC(=O)CCc1ccc2c(c1)COP(=O)(OC[C@@H]1C=C[C@H](n3cc(C)c(=O)[nH]c3=O)O1)O2. The summed E-state index contributed by atoms with van der Waals surface area (Å²) in [6.07, 6.45) is 3.70. The molecule has 0 saturated heterocycles. The highest BCUT2D eigenvalue weighted by atomic mass is 31.2. The molecule has 3 atom stereocenters. The molecular weight excluding hydrogens is 511 g/mol. The summed E-state index contributed by atoms with van der Waals surface area (Å²) in [6, 6.07) is 5.08. The molecule has 2 aliphatic heterocycles. The number of H-pyrrole nitrogens is 1. The highest BCUT2D eigenvalue weighted by molar-refractivity contribution is 7.49. The first-order valence-corrected chi connectivity index (χ1v) is 12.7. The van der Waals surface area contributed by atoms with Crippen LogP contribution in [0, 0.1) is 6.92 Å². The van der Waals surface area contributed by atoms with Crippen LogP contribution >= 0.6 is 7.82 Å². The van der Waals surface area contributed by atoms with Crippen molar-refractivity contribution in [2.45, 2.75) is 45.6 Å². The highest BCUT2D eigenvalue weighted by Gasteiger charge is 2.36. The van der Waals surface area contributed by atoms with Crippen molar-refractivity contribution >= 4 is 19.8 Å². The zero-order valence-corrected chi connectivity index (χ0v) is 20.9. The molecule has 198 valence electrons. The van der Waals surface area contributed by atoms with Gasteiger partial charge < -0.3 is 18.7 Å². The van der Waals surface area contributed by atoms with Gasteiger partial charge >= 0.3 is 25.5 Å². The van der Waals surface area contributed by atoms with Crippen molar-refractivity contribution in [3.05, 3.63) is 74.1 Å². The molecule has 1 unspecified atom stereocenters. The molecule has 0 saturated carbocycles. The monoisotopic (exact) mass is 536 g/mol. The molecule has 0 fully saturated rings. The predicted molar refractivity (Wildman–Crippen MR) is 126 cm³/mol. The number of phosphoric ester groups is 1. The molecule has 2 aliphatic rings. The first-order valence-electron chi connectivity index (χ1n) is 11.3. The lowest BCUT2D eigenvalue weighted by Gasteiger charge is -2.26. The first kappa shape index (κ1) is 26.6. The summed E-state index contributed by atoms with van der Waals surface area (Å²) in [5.41, 5.74) is 0.695. The zero-order chi connectivity index (χ0) is 26.6. The van der Waals surface area contributed by atoms with Crippen LogP contribution in [0.4, 0.5) is 0 Å². The molecule has 1 N–H and O–H groups in total. The second kappa shape index (κ2) is 11.3. The van der Waals surface area contributed by atoms with E-state index in [1.54, 1.807) is 37.3 Å². The Morgan fingerprint density at radius 3 is 2.81 bits per heavy atom. The molecule has 1 aromatic heterocycles. The molecule has 2 aromatic rings. The Balaban J connectivity index is 1.27. The van der Waals surface area contributed by atoms with E-state index < -0.39 is 50.1 Å². The normalized spacial score (nSPS) is 22.2. The standard InChI is InChI=1S/C23H25N2O11P/c1-14-10-25(23(29)24-22(14)28)20-7-5-18(35-20)12-34-37(30)33-11-17-9-16(3-6-19(17)36-37)4-8-21(27)32-13-31-15(2)26/h3,5-7,9-10,18,20H,4,8,11-13H2,1-2H3,(H,24,28,29)/t18-,20+,37?/m0/s1. The van der Waals surface area contributed by atoms with Crippen LogP contribution in [0.15, 0.2) is 46.1 Å². The topological polar surface area (TPSA) is 161 Å². The number of rotatable bonds is 9. The van der Waals surface area contributed by atoms with E-state index in [4.69, 9.17) is 23.0 Å². The minimum absolute atomic E-state index is 0.0343. The number of phosphoric acid groups is 1. The average molecular weight is 536 g/mol. The van der Waals surface area contributed by atoms with Crippen molar-refractivity contribution in [3.63, 3.8) is 0 Å². The third-order valence-corrected chi connectivity index (χ3v) is 6.77. The van der Waals surface area contributed by atoms with Crippen LogP contribution in [0.25, 0.3) is 0 Å². The van der Waals surface area contributed by atoms with Gasteiger partial charge in [0.15, 0.2) is 6.23 Å². The van der Waals surface area contributed by atoms with E-state index in [9.17, 15) is 23.7 Å². The van der Waals surface area contributed by atoms with E-state index in [2.05, 4.69) is 9.72 Å². The van der Waals surface area contributed by atoms with Gasteiger partial charge in [-0.1, -0.05) is 12.1 Å². The second-order valence-electron chi connectivity index (χ2n) is 8.25. The second-order valence-corrected chi connectivity index (χ2v) is 9.84. The smallest absolute Gasteiger partial charge is 0.428 e. The lowest BCUT2D eigenvalue weighted by Crippen LogP contribution is -2.33. The minimum atomic E-state index is -3.93. The number of hydrogen-bond acceptors (Lipinski definition) is 11. The predicted octanol–water partition coefficient (Wildman–Crippen LogP) is 2.03. The number of carbonyl (C=O) groups excluding carboxylic acids is 2. The van der Waals surface area contributed by atoms with Gasteiger partial charge in [-0.15, -0.1) is 0 Å². The van der Waals surface area contributed by atoms with Gasteiger partial charge in [-0.05, 0) is 37.1 Å². The number of fused-ring (bicyclic) bond motifs is 1. The van der Waals surface area contributed by atoms with Crippen LogP contribution in [0.5, 0.6) is 5.75 Å². The highest BCUT2D eigenvalue weighted by Crippen LogP contribution is 2.54. The molecule has 3 heterocycles. The Morgan fingerprint density at radius 1 is 1.22 bits per heavy atom. The van der Waals surface area contributed by atoms with Crippen molar-refractivity contribution in [1.29, 1.82) is 0 Å². The molecule has 37 heavy (non-hydrogen) atoms. The van der Waals surface area contributed by atoms with Crippen molar-refractivity contribution in [3.8, 4) is 5.75 Å². The largest absolute Gasteiger partial charge is 0.530 e. The summed E-state index contributed by atoms with van der Waals surface area (Å²) in [4.78, 5) is 48.3. The van der Waals surface area contributed by atoms with Crippen molar-refractivity contribution in [1.82, 2.24) is 9.55 Å². The number of hydrogen-bond donors (Lipinski definition) is 1. The van der Waals surface area contributed by atoms with Crippen molar-refractivity contribution < 1.29 is 41.9 Å². The summed E-state index contributed by atoms with van der Waals surface area (Å²) in [7, 11) is -3.93. The Hall–Kier alpha value is -3.51. The van der Waals surface area contributed by atoms with E-state index in [1.807, 2.05) is 0 Å². The molecule has 0 bridgehead atoms. The van der Waals surface area contributed by atoms with Gasteiger partial charge in [0.05, 0.1) is 13.2 Å². The van der Waals surface area contributed by atoms with Gasteiger partial charge in [0, 0.05) is 30.7 Å². The zero-order valence-electron chi connectivity index (χ0n) is 20.0. The van der Waals surface area contributed by atoms with E-state index >= 15 is 0 Å². The summed E-state index contributed by atoms with van der Waals surface area (Å²) in [5.74, 6) is -0.736. The van der Waals surface area contributed by atoms with Gasteiger partial charge in [-0.25, -0.2) is 9.36 Å². The fraction of sp³-hybridized carbons (Fsp3) is 0.391. The van der Waals surface area contributed by atoms with Crippen LogP contribution in [-0.2, 0) is 50.4 Å². The van der Waals surface area contributed by atoms with Crippen LogP contribution in [-0.4, -0.2) is 41.0 Å². The van der Waals surface area contributed by atoms with Gasteiger partial charge in [-0.2, -0.15) is 0 Å². The number of ether oxygens (including phenoxy) is 3. The molecular formula is C23H25N2O11P. The number of carbonyl (C=O) groups is 2. The molecule has 0 spiro atoms. The summed E-state index contributed by atoms with van der Waals surface area (Å²) in [6.45, 7) is 2.16. The third kappa shape index (κ3) is 6.83. The molecule has 14 heteroatoms. The Kier molecular flexibility index (Phi) is 8.08. The molecule has 1 aromatic carbocycles. The van der Waals surface area contributed by atoms with E-state index in [0.717, 1.165) is 5.56 Å². The summed E-state index contributed by atoms with van der Waals surface area (Å²) < 4.78 is 45.6. The summed E-state index contributed by atoms with van der Waals surface area (Å²) in [5, 5.41) is 0. The Bertz CT molecular complexity index is 1380. The number of aryl methyl sites for hydroxylation is 2. The average Bonchev–Trinajstić information content (AvgIpc) is 3.32. The van der Waals surface area contributed by atoms with Gasteiger partial charge in [0.2, 0.25) is 6.79 Å².